The highest BCUT2D eigenvalue weighted by Gasteiger charge is 2.38. The highest BCUT2D eigenvalue weighted by atomic mass is 19.4. The van der Waals surface area contributed by atoms with Crippen LogP contribution in [0.5, 0.6) is 0 Å². The van der Waals surface area contributed by atoms with E-state index in [-0.39, 0.29) is 0 Å². The number of carboxylic acids is 2. The molecule has 0 bridgehead atoms. The SMILES string of the molecule is CN(C)CCN1CCNCC1.CN(C)CCN1CCNCC1.O=C(O)C(F)(F)F.O=C(O)C(F)(F)F. The Bertz CT molecular complexity index is 532. The zero-order chi connectivity index (χ0) is 28.4. The lowest BCUT2D eigenvalue weighted by Gasteiger charge is -2.28. The van der Waals surface area contributed by atoms with Crippen LogP contribution in [0.2, 0.25) is 0 Å². The fraction of sp³-hybridized carbons (Fsp3) is 0.900. The highest BCUT2D eigenvalue weighted by molar-refractivity contribution is 5.73. The number of nitrogens with one attached hydrogen (secondary N) is 2. The van der Waals surface area contributed by atoms with E-state index in [1.807, 2.05) is 0 Å². The lowest BCUT2D eigenvalue weighted by Crippen LogP contribution is -2.45. The molecule has 0 radical (unpaired) electrons. The number of piperazine rings is 2. The Hall–Kier alpha value is -1.72. The summed E-state index contributed by atoms with van der Waals surface area (Å²) in [7, 11) is 8.51. The minimum atomic E-state index is -5.08. The average molecular weight is 543 g/mol. The largest absolute Gasteiger partial charge is 0.490 e. The standard InChI is InChI=1S/2C8H19N3.2C2HF3O2/c2*1-10(2)7-8-11-5-3-9-4-6-11;2*3-2(4,5)1(6)7/h2*9H,3-8H2,1-2H3;2*(H,6,7). The molecule has 2 aliphatic rings. The third kappa shape index (κ3) is 24.0. The number of rotatable bonds is 6. The van der Waals surface area contributed by atoms with Gasteiger partial charge in [0.25, 0.3) is 0 Å². The minimum Gasteiger partial charge on any atom is -0.475 e. The number of aliphatic carboxylic acids is 2. The van der Waals surface area contributed by atoms with Gasteiger partial charge < -0.3 is 30.6 Å². The number of likely N-dealkylation sites (N-methyl/N-ethyl adjacent to an activating group) is 2. The maximum absolute atomic E-state index is 10.6. The maximum Gasteiger partial charge on any atom is 0.490 e. The Kier molecular flexibility index (Phi) is 19.6. The van der Waals surface area contributed by atoms with Crippen LogP contribution in [0.4, 0.5) is 26.3 Å². The van der Waals surface area contributed by atoms with Crippen molar-refractivity contribution in [2.45, 2.75) is 12.4 Å². The predicted molar refractivity (Wildman–Crippen MR) is 123 cm³/mol. The van der Waals surface area contributed by atoms with E-state index in [4.69, 9.17) is 19.8 Å². The molecule has 0 amide bonds. The predicted octanol–water partition coefficient (Wildman–Crippen LogP) is 0.173. The molecule has 2 fully saturated rings. The summed E-state index contributed by atoms with van der Waals surface area (Å²) in [4.78, 5) is 27.3. The molecule has 2 aliphatic heterocycles. The summed E-state index contributed by atoms with van der Waals surface area (Å²) in [5.41, 5.74) is 0. The molecule has 0 atom stereocenters. The second kappa shape index (κ2) is 19.4. The molecule has 16 heteroatoms. The Morgan fingerprint density at radius 3 is 1.06 bits per heavy atom. The third-order valence-electron chi connectivity index (χ3n) is 4.63. The molecule has 216 valence electrons. The normalized spacial score (nSPS) is 17.2. The van der Waals surface area contributed by atoms with Gasteiger partial charge in [0.05, 0.1) is 0 Å². The average Bonchev–Trinajstić information content (AvgIpc) is 2.78. The van der Waals surface area contributed by atoms with Crippen LogP contribution in [0.3, 0.4) is 0 Å². The molecule has 0 aliphatic carbocycles. The lowest BCUT2D eigenvalue weighted by molar-refractivity contribution is -0.193. The molecule has 0 aromatic carbocycles. The highest BCUT2D eigenvalue weighted by Crippen LogP contribution is 2.13. The van der Waals surface area contributed by atoms with Gasteiger partial charge in [-0.25, -0.2) is 9.59 Å². The summed E-state index contributed by atoms with van der Waals surface area (Å²) >= 11 is 0. The van der Waals surface area contributed by atoms with Crippen LogP contribution in [-0.4, -0.2) is 161 Å². The first kappa shape index (κ1) is 36.4. The number of hydrogen-bond acceptors (Lipinski definition) is 8. The zero-order valence-electron chi connectivity index (χ0n) is 21.3. The second-order valence-electron chi connectivity index (χ2n) is 8.40. The molecule has 0 spiro atoms. The van der Waals surface area contributed by atoms with Gasteiger partial charge >= 0.3 is 24.3 Å². The van der Waals surface area contributed by atoms with E-state index < -0.39 is 24.3 Å². The van der Waals surface area contributed by atoms with Crippen LogP contribution in [0.25, 0.3) is 0 Å². The molecule has 2 heterocycles. The first-order valence-corrected chi connectivity index (χ1v) is 11.2. The number of carboxylic acid groups (broad SMARTS) is 2. The van der Waals surface area contributed by atoms with Crippen molar-refractivity contribution in [3.63, 3.8) is 0 Å². The fourth-order valence-electron chi connectivity index (χ4n) is 2.55. The van der Waals surface area contributed by atoms with Crippen LogP contribution in [0.1, 0.15) is 0 Å². The van der Waals surface area contributed by atoms with Crippen molar-refractivity contribution in [2.24, 2.45) is 0 Å². The zero-order valence-corrected chi connectivity index (χ0v) is 21.3. The van der Waals surface area contributed by atoms with Crippen molar-refractivity contribution in [1.29, 1.82) is 0 Å². The minimum absolute atomic E-state index is 1.16. The van der Waals surface area contributed by atoms with Gasteiger partial charge in [-0.15, -0.1) is 0 Å². The van der Waals surface area contributed by atoms with Gasteiger partial charge in [0.15, 0.2) is 0 Å². The van der Waals surface area contributed by atoms with E-state index in [0.717, 1.165) is 26.2 Å². The van der Waals surface area contributed by atoms with E-state index in [1.165, 1.54) is 52.4 Å². The van der Waals surface area contributed by atoms with Crippen LogP contribution in [-0.2, 0) is 9.59 Å². The van der Waals surface area contributed by atoms with Gasteiger partial charge in [-0.05, 0) is 28.2 Å². The number of carbonyl (C=O) groups is 2. The smallest absolute Gasteiger partial charge is 0.475 e. The molecule has 36 heavy (non-hydrogen) atoms. The van der Waals surface area contributed by atoms with Crippen LogP contribution < -0.4 is 10.6 Å². The second-order valence-corrected chi connectivity index (χ2v) is 8.40. The van der Waals surface area contributed by atoms with E-state index in [2.05, 4.69) is 58.4 Å². The molecule has 0 aromatic heterocycles. The summed E-state index contributed by atoms with van der Waals surface area (Å²) in [5.74, 6) is -5.51. The van der Waals surface area contributed by atoms with Gasteiger partial charge in [0.1, 0.15) is 0 Å². The van der Waals surface area contributed by atoms with Crippen molar-refractivity contribution < 1.29 is 46.1 Å². The number of halogens is 6. The Balaban J connectivity index is 0. The fourth-order valence-corrected chi connectivity index (χ4v) is 2.55. The van der Waals surface area contributed by atoms with Crippen molar-refractivity contribution in [2.75, 3.05) is 107 Å². The van der Waals surface area contributed by atoms with Crippen LogP contribution in [0.15, 0.2) is 0 Å². The maximum atomic E-state index is 10.6. The molecule has 0 saturated carbocycles. The molecule has 2 saturated heterocycles. The monoisotopic (exact) mass is 542 g/mol. The molecule has 0 unspecified atom stereocenters. The van der Waals surface area contributed by atoms with Gasteiger partial charge in [-0.2, -0.15) is 26.3 Å². The first-order valence-electron chi connectivity index (χ1n) is 11.2. The van der Waals surface area contributed by atoms with Gasteiger partial charge in [-0.3, -0.25) is 9.80 Å². The summed E-state index contributed by atoms with van der Waals surface area (Å²) in [6.07, 6.45) is -10.2. The van der Waals surface area contributed by atoms with Gasteiger partial charge in [0.2, 0.25) is 0 Å². The Labute approximate surface area is 208 Å². The molecule has 10 nitrogen and oxygen atoms in total. The third-order valence-corrected chi connectivity index (χ3v) is 4.63. The van der Waals surface area contributed by atoms with E-state index in [9.17, 15) is 26.3 Å². The van der Waals surface area contributed by atoms with E-state index in [0.29, 0.717) is 0 Å². The molecular weight excluding hydrogens is 502 g/mol. The van der Waals surface area contributed by atoms with Crippen molar-refractivity contribution in [3.8, 4) is 0 Å². The Morgan fingerprint density at radius 2 is 0.889 bits per heavy atom. The summed E-state index contributed by atoms with van der Waals surface area (Å²) in [6.45, 7) is 14.3. The number of nitrogens with zero attached hydrogens (tertiary/aromatic N) is 4. The molecule has 0 aromatic rings. The molecule has 2 rings (SSSR count). The van der Waals surface area contributed by atoms with Crippen molar-refractivity contribution in [1.82, 2.24) is 30.2 Å². The van der Waals surface area contributed by atoms with E-state index in [1.54, 1.807) is 0 Å². The quantitative estimate of drug-likeness (QED) is 0.347. The summed E-state index contributed by atoms with van der Waals surface area (Å²) in [6, 6.07) is 0. The molecular formula is C20H40F6N6O4. The number of alkyl halides is 6. The van der Waals surface area contributed by atoms with E-state index >= 15 is 0 Å². The molecule has 4 N–H and O–H groups in total. The first-order chi connectivity index (χ1) is 16.5. The summed E-state index contributed by atoms with van der Waals surface area (Å²) in [5, 5.41) is 20.9. The lowest BCUT2D eigenvalue weighted by atomic mass is 10.3. The van der Waals surface area contributed by atoms with Gasteiger partial charge in [0, 0.05) is 78.5 Å². The topological polar surface area (TPSA) is 112 Å². The Morgan fingerprint density at radius 1 is 0.667 bits per heavy atom. The van der Waals surface area contributed by atoms with Crippen molar-refractivity contribution >= 4 is 11.9 Å². The van der Waals surface area contributed by atoms with Gasteiger partial charge in [-0.1, -0.05) is 0 Å². The summed E-state index contributed by atoms with van der Waals surface area (Å²) < 4.78 is 63.5. The van der Waals surface area contributed by atoms with Crippen LogP contribution >= 0.6 is 0 Å². The van der Waals surface area contributed by atoms with Crippen LogP contribution in [0, 0.1) is 0 Å². The van der Waals surface area contributed by atoms with Crippen molar-refractivity contribution in [3.05, 3.63) is 0 Å². The number of hydrogen-bond donors (Lipinski definition) is 4.